The van der Waals surface area contributed by atoms with Crippen molar-refractivity contribution in [1.82, 2.24) is 5.32 Å². The second-order valence-electron chi connectivity index (χ2n) is 3.63. The number of nitrogens with one attached hydrogen (secondary N) is 1. The van der Waals surface area contributed by atoms with E-state index >= 15 is 0 Å². The van der Waals surface area contributed by atoms with Crippen molar-refractivity contribution in [3.05, 3.63) is 0 Å². The highest BCUT2D eigenvalue weighted by atomic mass is 16.6. The van der Waals surface area contributed by atoms with Crippen molar-refractivity contribution in [2.24, 2.45) is 0 Å². The van der Waals surface area contributed by atoms with Crippen molar-refractivity contribution in [2.75, 3.05) is 0 Å². The first kappa shape index (κ1) is 8.09. The fourth-order valence-corrected chi connectivity index (χ4v) is 1.54. The molecule has 4 heteroatoms. The van der Waals surface area contributed by atoms with Crippen LogP contribution in [-0.2, 0) is 4.74 Å². The summed E-state index contributed by atoms with van der Waals surface area (Å²) in [6.45, 7) is 1.98. The Labute approximate surface area is 73.5 Å². The summed E-state index contributed by atoms with van der Waals surface area (Å²) in [5, 5.41) is 12.1. The van der Waals surface area contributed by atoms with Crippen molar-refractivity contribution < 1.29 is 4.74 Å². The monoisotopic (exact) mass is 162 g/mol. The summed E-state index contributed by atoms with van der Waals surface area (Å²) in [6, 6.07) is 2.24. The number of hydrogen-bond donors (Lipinski definition) is 1. The Kier molecular flexibility index (Phi) is 1.67. The number of nitrogens with zero attached hydrogens (tertiary/aromatic N) is 1. The molecule has 2 radical (unpaired) electrons. The topological polar surface area (TPSA) is 48.4 Å². The van der Waals surface area contributed by atoms with E-state index in [1.165, 1.54) is 0 Å². The van der Waals surface area contributed by atoms with Crippen LogP contribution >= 0.6 is 0 Å². The third kappa shape index (κ3) is 1.05. The first-order valence-corrected chi connectivity index (χ1v) is 4.28. The van der Waals surface area contributed by atoms with E-state index in [0.717, 1.165) is 12.8 Å². The van der Waals surface area contributed by atoms with E-state index in [0.29, 0.717) is 0 Å². The maximum Gasteiger partial charge on any atom is 0.136 e. The van der Waals surface area contributed by atoms with Crippen molar-refractivity contribution in [1.29, 1.82) is 5.26 Å². The van der Waals surface area contributed by atoms with Crippen LogP contribution in [0.15, 0.2) is 0 Å². The molecule has 0 aromatic carbocycles. The zero-order valence-corrected chi connectivity index (χ0v) is 7.08. The molecule has 3 unspecified atom stereocenters. The number of epoxide rings is 1. The molecule has 0 amide bonds. The molecule has 2 aliphatic rings. The van der Waals surface area contributed by atoms with Crippen LogP contribution in [0, 0.1) is 11.3 Å². The molecule has 62 valence electrons. The maximum atomic E-state index is 8.92. The number of rotatable bonds is 2. The van der Waals surface area contributed by atoms with Gasteiger partial charge in [-0.25, -0.2) is 0 Å². The highest BCUT2D eigenvalue weighted by Crippen LogP contribution is 2.42. The molecule has 0 aromatic rings. The highest BCUT2D eigenvalue weighted by molar-refractivity contribution is 6.13. The molecular weight excluding hydrogens is 151 g/mol. The molecule has 1 aliphatic heterocycles. The molecule has 1 aliphatic carbocycles. The van der Waals surface area contributed by atoms with Crippen LogP contribution in [-0.4, -0.2) is 25.7 Å². The normalized spacial score (nSPS) is 50.8. The standard InChI is InChI=1S/C8H11BN2O/c1-5-7(12-5)11-8(4-10)3-2-6(8)9/h5-7,11H,2-3H2,1H3/t5?,6?,7?,8-/m1/s1. The molecular formula is C8H11BN2O. The average molecular weight is 162 g/mol. The zero-order chi connectivity index (χ0) is 8.77. The molecule has 1 saturated heterocycles. The Morgan fingerprint density at radius 3 is 2.67 bits per heavy atom. The van der Waals surface area contributed by atoms with Crippen molar-refractivity contribution >= 4 is 7.85 Å². The minimum Gasteiger partial charge on any atom is -0.353 e. The SMILES string of the molecule is [B]C1CC[C@]1(C#N)NC1OC1C. The third-order valence-electron chi connectivity index (χ3n) is 2.79. The summed E-state index contributed by atoms with van der Waals surface area (Å²) in [7, 11) is 5.75. The summed E-state index contributed by atoms with van der Waals surface area (Å²) in [6.07, 6.45) is 2.07. The smallest absolute Gasteiger partial charge is 0.136 e. The van der Waals surface area contributed by atoms with Gasteiger partial charge in [0.15, 0.2) is 0 Å². The fourth-order valence-electron chi connectivity index (χ4n) is 1.54. The fraction of sp³-hybridized carbons (Fsp3) is 0.875. The van der Waals surface area contributed by atoms with E-state index in [-0.39, 0.29) is 18.1 Å². The van der Waals surface area contributed by atoms with Crippen molar-refractivity contribution in [3.8, 4) is 6.07 Å². The zero-order valence-electron chi connectivity index (χ0n) is 7.08. The van der Waals surface area contributed by atoms with Gasteiger partial charge in [0.2, 0.25) is 0 Å². The summed E-state index contributed by atoms with van der Waals surface area (Å²) in [5.74, 6) is -0.0288. The van der Waals surface area contributed by atoms with Crippen LogP contribution in [0.1, 0.15) is 19.8 Å². The Morgan fingerprint density at radius 2 is 2.42 bits per heavy atom. The van der Waals surface area contributed by atoms with Gasteiger partial charge in [-0.3, -0.25) is 5.32 Å². The van der Waals surface area contributed by atoms with Crippen LogP contribution in [0.25, 0.3) is 0 Å². The Balaban J connectivity index is 1.96. The molecule has 12 heavy (non-hydrogen) atoms. The van der Waals surface area contributed by atoms with Gasteiger partial charge in [-0.15, -0.1) is 0 Å². The first-order valence-electron chi connectivity index (χ1n) is 4.28. The van der Waals surface area contributed by atoms with Crippen molar-refractivity contribution in [2.45, 2.75) is 43.5 Å². The second-order valence-corrected chi connectivity index (χ2v) is 3.63. The number of nitriles is 1. The molecule has 0 aromatic heterocycles. The minimum atomic E-state index is -0.505. The Morgan fingerprint density at radius 1 is 1.75 bits per heavy atom. The highest BCUT2D eigenvalue weighted by Gasteiger charge is 2.49. The number of hydrogen-bond acceptors (Lipinski definition) is 3. The van der Waals surface area contributed by atoms with Crippen LogP contribution in [0.4, 0.5) is 0 Å². The Bertz CT molecular complexity index is 240. The lowest BCUT2D eigenvalue weighted by atomic mass is 9.57. The van der Waals surface area contributed by atoms with Gasteiger partial charge < -0.3 is 4.74 Å². The van der Waals surface area contributed by atoms with E-state index in [9.17, 15) is 0 Å². The van der Waals surface area contributed by atoms with Gasteiger partial charge in [-0.05, 0) is 19.2 Å². The third-order valence-corrected chi connectivity index (χ3v) is 2.79. The Hall–Kier alpha value is -0.525. The van der Waals surface area contributed by atoms with Crippen molar-refractivity contribution in [3.63, 3.8) is 0 Å². The molecule has 0 bridgehead atoms. The van der Waals surface area contributed by atoms with Crippen LogP contribution < -0.4 is 5.32 Å². The lowest BCUT2D eigenvalue weighted by molar-refractivity contribution is 0.214. The molecule has 1 heterocycles. The van der Waals surface area contributed by atoms with Crippen LogP contribution in [0.3, 0.4) is 0 Å². The van der Waals surface area contributed by atoms with Gasteiger partial charge >= 0.3 is 0 Å². The minimum absolute atomic E-state index is 0.0288. The second kappa shape index (κ2) is 2.48. The average Bonchev–Trinajstić information content (AvgIpc) is 2.74. The van der Waals surface area contributed by atoms with Crippen LogP contribution in [0.5, 0.6) is 0 Å². The van der Waals surface area contributed by atoms with E-state index in [4.69, 9.17) is 17.8 Å². The van der Waals surface area contributed by atoms with Gasteiger partial charge in [0.25, 0.3) is 0 Å². The van der Waals surface area contributed by atoms with E-state index in [2.05, 4.69) is 11.4 Å². The molecule has 2 fully saturated rings. The molecule has 1 saturated carbocycles. The van der Waals surface area contributed by atoms with Gasteiger partial charge in [0, 0.05) is 0 Å². The molecule has 2 rings (SSSR count). The van der Waals surface area contributed by atoms with Gasteiger partial charge in [-0.1, -0.05) is 6.42 Å². The largest absolute Gasteiger partial charge is 0.353 e. The lowest BCUT2D eigenvalue weighted by Gasteiger charge is -2.43. The van der Waals surface area contributed by atoms with Gasteiger partial charge in [0.05, 0.1) is 20.0 Å². The maximum absolute atomic E-state index is 8.92. The molecule has 3 nitrogen and oxygen atoms in total. The van der Waals surface area contributed by atoms with Crippen LogP contribution in [0.2, 0.25) is 5.82 Å². The first-order chi connectivity index (χ1) is 5.68. The summed E-state index contributed by atoms with van der Waals surface area (Å²) in [4.78, 5) is 0. The van der Waals surface area contributed by atoms with Gasteiger partial charge in [0.1, 0.15) is 11.8 Å². The molecule has 4 atom stereocenters. The van der Waals surface area contributed by atoms with E-state index in [1.54, 1.807) is 0 Å². The van der Waals surface area contributed by atoms with E-state index < -0.39 is 5.54 Å². The molecule has 0 spiro atoms. The predicted molar refractivity (Wildman–Crippen MR) is 44.6 cm³/mol. The van der Waals surface area contributed by atoms with Gasteiger partial charge in [-0.2, -0.15) is 5.26 Å². The predicted octanol–water partition coefficient (Wildman–Crippen LogP) is 0.334. The van der Waals surface area contributed by atoms with E-state index in [1.807, 2.05) is 6.92 Å². The summed E-state index contributed by atoms with van der Waals surface area (Å²) in [5.41, 5.74) is -0.505. The molecule has 1 N–H and O–H groups in total. The quantitative estimate of drug-likeness (QED) is 0.470. The number of ether oxygens (including phenoxy) is 1. The summed E-state index contributed by atoms with van der Waals surface area (Å²) >= 11 is 0. The lowest BCUT2D eigenvalue weighted by Crippen LogP contribution is -2.55. The summed E-state index contributed by atoms with van der Waals surface area (Å²) < 4.78 is 5.18.